The molecule has 1 aliphatic heterocycles. The van der Waals surface area contributed by atoms with Crippen molar-refractivity contribution in [2.24, 2.45) is 13.0 Å². The number of hydrogen-bond acceptors (Lipinski definition) is 6. The van der Waals surface area contributed by atoms with Crippen LogP contribution in [0.3, 0.4) is 0 Å². The van der Waals surface area contributed by atoms with E-state index in [-0.39, 0.29) is 5.91 Å². The van der Waals surface area contributed by atoms with Gasteiger partial charge in [0.2, 0.25) is 5.91 Å². The second-order valence-electron chi connectivity index (χ2n) is 7.94. The molecule has 160 valence electrons. The van der Waals surface area contributed by atoms with Crippen molar-refractivity contribution in [1.82, 2.24) is 29.6 Å². The molecular weight excluding hydrogens is 390 g/mol. The van der Waals surface area contributed by atoms with Crippen LogP contribution in [0, 0.1) is 12.8 Å². The Morgan fingerprint density at radius 3 is 2.71 bits per heavy atom. The van der Waals surface area contributed by atoms with Gasteiger partial charge in [0.1, 0.15) is 11.6 Å². The van der Waals surface area contributed by atoms with Crippen LogP contribution in [0.4, 0.5) is 11.6 Å². The van der Waals surface area contributed by atoms with Gasteiger partial charge in [0.05, 0.1) is 24.3 Å². The Hall–Kier alpha value is -3.55. The van der Waals surface area contributed by atoms with E-state index in [0.717, 1.165) is 55.0 Å². The van der Waals surface area contributed by atoms with Gasteiger partial charge in [-0.05, 0) is 49.8 Å². The van der Waals surface area contributed by atoms with E-state index in [0.29, 0.717) is 11.7 Å². The van der Waals surface area contributed by atoms with Gasteiger partial charge in [0.25, 0.3) is 0 Å². The monoisotopic (exact) mass is 417 g/mol. The van der Waals surface area contributed by atoms with E-state index >= 15 is 0 Å². The zero-order chi connectivity index (χ0) is 21.6. The number of nitrogens with zero attached hydrogens (tertiary/aromatic N) is 6. The van der Waals surface area contributed by atoms with Crippen LogP contribution in [0.1, 0.15) is 29.7 Å². The lowest BCUT2D eigenvalue weighted by Crippen LogP contribution is -2.38. The van der Waals surface area contributed by atoms with Crippen LogP contribution in [0.25, 0.3) is 6.08 Å². The zero-order valence-corrected chi connectivity index (χ0v) is 17.9. The molecule has 0 aliphatic carbocycles. The summed E-state index contributed by atoms with van der Waals surface area (Å²) in [6.45, 7) is 3.54. The van der Waals surface area contributed by atoms with Crippen molar-refractivity contribution in [2.45, 2.75) is 26.2 Å². The molecule has 0 unspecified atom stereocenters. The quantitative estimate of drug-likeness (QED) is 0.620. The number of nitrogens with one attached hydrogen (secondary N) is 1. The van der Waals surface area contributed by atoms with Crippen LogP contribution in [0.5, 0.6) is 0 Å². The summed E-state index contributed by atoms with van der Waals surface area (Å²) >= 11 is 0. The van der Waals surface area contributed by atoms with E-state index in [4.69, 9.17) is 0 Å². The third-order valence-electron chi connectivity index (χ3n) is 5.53. The van der Waals surface area contributed by atoms with Crippen molar-refractivity contribution < 1.29 is 4.79 Å². The molecule has 3 aromatic heterocycles. The van der Waals surface area contributed by atoms with Gasteiger partial charge in [-0.2, -0.15) is 5.10 Å². The number of piperidine rings is 1. The first kappa shape index (κ1) is 20.7. The van der Waals surface area contributed by atoms with E-state index < -0.39 is 0 Å². The highest BCUT2D eigenvalue weighted by atomic mass is 16.2. The molecule has 8 heteroatoms. The van der Waals surface area contributed by atoms with Crippen molar-refractivity contribution in [3.05, 3.63) is 66.0 Å². The van der Waals surface area contributed by atoms with Crippen LogP contribution in [-0.4, -0.2) is 48.6 Å². The first-order valence-electron chi connectivity index (χ1n) is 10.5. The van der Waals surface area contributed by atoms with Crippen molar-refractivity contribution >= 4 is 23.6 Å². The number of rotatable bonds is 6. The van der Waals surface area contributed by atoms with Gasteiger partial charge in [-0.15, -0.1) is 0 Å². The minimum absolute atomic E-state index is 0.0577. The number of pyridine rings is 1. The standard InChI is InChI=1S/C23H27N7O/c1-17-4-3-9-24-23(17)28-21-15-25-20(14-26-21)12-18-7-10-30(11-8-18)22(31)6-5-19-13-27-29(2)16-19/h3-6,9,13-16,18H,7-8,10-12H2,1-2H3,(H,24,26,28). The fraction of sp³-hybridized carbons (Fsp3) is 0.348. The summed E-state index contributed by atoms with van der Waals surface area (Å²) in [5.41, 5.74) is 2.97. The second kappa shape index (κ2) is 9.51. The maximum Gasteiger partial charge on any atom is 0.246 e. The minimum atomic E-state index is 0.0577. The van der Waals surface area contributed by atoms with Gasteiger partial charge in [-0.3, -0.25) is 14.5 Å². The molecule has 0 atom stereocenters. The first-order valence-corrected chi connectivity index (χ1v) is 10.5. The van der Waals surface area contributed by atoms with E-state index in [1.807, 2.05) is 49.5 Å². The van der Waals surface area contributed by atoms with Crippen LogP contribution < -0.4 is 5.32 Å². The number of carbonyl (C=O) groups is 1. The number of aryl methyl sites for hydroxylation is 2. The molecule has 0 bridgehead atoms. The highest BCUT2D eigenvalue weighted by molar-refractivity contribution is 5.91. The summed E-state index contributed by atoms with van der Waals surface area (Å²) in [5, 5.41) is 7.32. The summed E-state index contributed by atoms with van der Waals surface area (Å²) in [5.74, 6) is 2.05. The Balaban J connectivity index is 1.25. The highest BCUT2D eigenvalue weighted by Crippen LogP contribution is 2.22. The third-order valence-corrected chi connectivity index (χ3v) is 5.53. The van der Waals surface area contributed by atoms with E-state index in [1.165, 1.54) is 0 Å². The molecule has 0 spiro atoms. The largest absolute Gasteiger partial charge is 0.339 e. The fourth-order valence-corrected chi connectivity index (χ4v) is 3.71. The Kier molecular flexibility index (Phi) is 6.35. The normalized spacial score (nSPS) is 14.8. The lowest BCUT2D eigenvalue weighted by molar-refractivity contribution is -0.127. The summed E-state index contributed by atoms with van der Waals surface area (Å²) in [7, 11) is 1.86. The molecule has 0 aromatic carbocycles. The molecule has 4 heterocycles. The molecule has 1 amide bonds. The average molecular weight is 418 g/mol. The fourth-order valence-electron chi connectivity index (χ4n) is 3.71. The molecular formula is C23H27N7O. The average Bonchev–Trinajstić information content (AvgIpc) is 3.21. The Morgan fingerprint density at radius 2 is 2.03 bits per heavy atom. The van der Waals surface area contributed by atoms with Crippen molar-refractivity contribution in [3.63, 3.8) is 0 Å². The summed E-state index contributed by atoms with van der Waals surface area (Å²) in [6.07, 6.45) is 15.2. The van der Waals surface area contributed by atoms with Crippen molar-refractivity contribution in [3.8, 4) is 0 Å². The highest BCUT2D eigenvalue weighted by Gasteiger charge is 2.22. The number of hydrogen-bond donors (Lipinski definition) is 1. The van der Waals surface area contributed by atoms with Gasteiger partial charge in [-0.1, -0.05) is 6.07 Å². The number of carbonyl (C=O) groups excluding carboxylic acids is 1. The zero-order valence-electron chi connectivity index (χ0n) is 17.9. The first-order chi connectivity index (χ1) is 15.1. The Bertz CT molecular complexity index is 1050. The Morgan fingerprint density at radius 1 is 1.19 bits per heavy atom. The van der Waals surface area contributed by atoms with Gasteiger partial charge in [0.15, 0.2) is 0 Å². The number of aromatic nitrogens is 5. The van der Waals surface area contributed by atoms with Crippen molar-refractivity contribution in [1.29, 1.82) is 0 Å². The van der Waals surface area contributed by atoms with E-state index in [1.54, 1.807) is 29.3 Å². The lowest BCUT2D eigenvalue weighted by atomic mass is 9.92. The van der Waals surface area contributed by atoms with E-state index in [2.05, 4.69) is 25.4 Å². The van der Waals surface area contributed by atoms with Gasteiger partial charge < -0.3 is 10.2 Å². The molecule has 3 aromatic rings. The van der Waals surface area contributed by atoms with E-state index in [9.17, 15) is 4.79 Å². The topological polar surface area (TPSA) is 88.8 Å². The number of amides is 1. The molecule has 0 radical (unpaired) electrons. The maximum absolute atomic E-state index is 12.4. The van der Waals surface area contributed by atoms with Crippen LogP contribution >= 0.6 is 0 Å². The molecule has 0 saturated carbocycles. The molecule has 1 N–H and O–H groups in total. The molecule has 8 nitrogen and oxygen atoms in total. The smallest absolute Gasteiger partial charge is 0.246 e. The molecule has 4 rings (SSSR count). The lowest BCUT2D eigenvalue weighted by Gasteiger charge is -2.31. The number of anilines is 2. The number of likely N-dealkylation sites (tertiary alicyclic amines) is 1. The van der Waals surface area contributed by atoms with Crippen LogP contribution in [0.15, 0.2) is 49.2 Å². The van der Waals surface area contributed by atoms with Gasteiger partial charge >= 0.3 is 0 Å². The Labute approximate surface area is 182 Å². The predicted molar refractivity (Wildman–Crippen MR) is 120 cm³/mol. The summed E-state index contributed by atoms with van der Waals surface area (Å²) in [6, 6.07) is 3.91. The maximum atomic E-state index is 12.4. The molecule has 1 aliphatic rings. The summed E-state index contributed by atoms with van der Waals surface area (Å²) in [4.78, 5) is 27.7. The predicted octanol–water partition coefficient (Wildman–Crippen LogP) is 3.15. The molecule has 1 saturated heterocycles. The van der Waals surface area contributed by atoms with Crippen molar-refractivity contribution in [2.75, 3.05) is 18.4 Å². The van der Waals surface area contributed by atoms with Crippen LogP contribution in [0.2, 0.25) is 0 Å². The van der Waals surface area contributed by atoms with Crippen LogP contribution in [-0.2, 0) is 18.3 Å². The minimum Gasteiger partial charge on any atom is -0.339 e. The summed E-state index contributed by atoms with van der Waals surface area (Å²) < 4.78 is 1.72. The molecule has 1 fully saturated rings. The third kappa shape index (κ3) is 5.53. The van der Waals surface area contributed by atoms with Gasteiger partial charge in [0, 0.05) is 44.2 Å². The van der Waals surface area contributed by atoms with Gasteiger partial charge in [-0.25, -0.2) is 9.97 Å². The second-order valence-corrected chi connectivity index (χ2v) is 7.94. The molecule has 31 heavy (non-hydrogen) atoms. The SMILES string of the molecule is Cc1cccnc1Nc1cnc(CC2CCN(C(=O)C=Cc3cnn(C)c3)CC2)cn1.